The predicted molar refractivity (Wildman–Crippen MR) is 225 cm³/mol. The van der Waals surface area contributed by atoms with Crippen LogP contribution in [0.2, 0.25) is 0 Å². The molecule has 18 heteroatoms. The van der Waals surface area contributed by atoms with E-state index >= 15 is 0 Å². The lowest BCUT2D eigenvalue weighted by atomic mass is 9.86. The Morgan fingerprint density at radius 3 is 2.17 bits per heavy atom. The van der Waals surface area contributed by atoms with Gasteiger partial charge in [-0.25, -0.2) is 18.2 Å². The van der Waals surface area contributed by atoms with Gasteiger partial charge >= 0.3 is 6.03 Å². The highest BCUT2D eigenvalue weighted by Gasteiger charge is 2.26. The highest BCUT2D eigenvalue weighted by Crippen LogP contribution is 2.40. The molecule has 0 aliphatic heterocycles. The minimum atomic E-state index is -3.66. The van der Waals surface area contributed by atoms with Crippen LogP contribution in [0.25, 0.3) is 10.8 Å². The third-order valence-electron chi connectivity index (χ3n) is 8.96. The molecule has 0 aliphatic rings. The number of hydrogen-bond acceptors (Lipinski definition) is 13. The summed E-state index contributed by atoms with van der Waals surface area (Å²) in [7, 11) is -0.895. The van der Waals surface area contributed by atoms with Gasteiger partial charge in [0.1, 0.15) is 35.3 Å². The fraction of sp³-hybridized carbons (Fsp3) is 0.293. The van der Waals surface area contributed by atoms with Crippen molar-refractivity contribution in [3.8, 4) is 23.0 Å². The number of benzene rings is 4. The van der Waals surface area contributed by atoms with E-state index in [1.807, 2.05) is 45.0 Å². The minimum absolute atomic E-state index is 0.139. The molecule has 0 aliphatic carbocycles. The second kappa shape index (κ2) is 18.6. The Kier molecular flexibility index (Phi) is 13.9. The van der Waals surface area contributed by atoms with Crippen LogP contribution >= 0.6 is 0 Å². The first-order valence-electron chi connectivity index (χ1n) is 18.2. The maximum atomic E-state index is 13.5. The maximum absolute atomic E-state index is 13.5. The number of urea groups is 1. The maximum Gasteiger partial charge on any atom is 0.323 e. The summed E-state index contributed by atoms with van der Waals surface area (Å²) in [6.45, 7) is 4.74. The highest BCUT2D eigenvalue weighted by molar-refractivity contribution is 7.92. The number of anilines is 5. The van der Waals surface area contributed by atoms with E-state index < -0.39 is 58.8 Å². The largest absolute Gasteiger partial charge is 0.496 e. The molecule has 5 aromatic rings. The molecule has 0 radical (unpaired) electrons. The van der Waals surface area contributed by atoms with Gasteiger partial charge in [0.15, 0.2) is 5.75 Å². The van der Waals surface area contributed by atoms with Crippen molar-refractivity contribution in [2.45, 2.75) is 44.5 Å². The zero-order valence-corrected chi connectivity index (χ0v) is 34.0. The predicted octanol–water partition coefficient (Wildman–Crippen LogP) is 4.91. The van der Waals surface area contributed by atoms with E-state index in [2.05, 4.69) is 31.0 Å². The molecular weight excluding hydrogens is 785 g/mol. The summed E-state index contributed by atoms with van der Waals surface area (Å²) in [5.74, 6) is 1.06. The monoisotopic (exact) mass is 832 g/mol. The summed E-state index contributed by atoms with van der Waals surface area (Å²) in [6, 6.07) is 21.6. The number of ether oxygens (including phenoxy) is 3. The molecule has 3 atom stereocenters. The van der Waals surface area contributed by atoms with Crippen LogP contribution in [0.4, 0.5) is 33.4 Å². The molecule has 5 rings (SSSR count). The van der Waals surface area contributed by atoms with Gasteiger partial charge in [0.2, 0.25) is 10.0 Å². The first-order chi connectivity index (χ1) is 27.9. The van der Waals surface area contributed by atoms with Gasteiger partial charge < -0.3 is 55.9 Å². The fourth-order valence-corrected chi connectivity index (χ4v) is 6.50. The van der Waals surface area contributed by atoms with E-state index in [1.165, 1.54) is 20.3 Å². The van der Waals surface area contributed by atoms with E-state index in [1.54, 1.807) is 54.7 Å². The topological polar surface area (TPSA) is 250 Å². The second-order valence-electron chi connectivity index (χ2n) is 14.5. The van der Waals surface area contributed by atoms with Gasteiger partial charge in [0.05, 0.1) is 55.8 Å². The van der Waals surface area contributed by atoms with Gasteiger partial charge in [0.25, 0.3) is 5.91 Å². The lowest BCUT2D eigenvalue weighted by molar-refractivity contribution is -0.0743. The van der Waals surface area contributed by atoms with E-state index in [-0.39, 0.29) is 28.4 Å². The summed E-state index contributed by atoms with van der Waals surface area (Å²) < 4.78 is 44.1. The van der Waals surface area contributed by atoms with Crippen molar-refractivity contribution in [3.05, 3.63) is 96.2 Å². The van der Waals surface area contributed by atoms with Crippen molar-refractivity contribution in [1.82, 2.24) is 10.3 Å². The number of nitrogens with one attached hydrogen (secondary N) is 5. The molecule has 0 saturated carbocycles. The molecule has 0 bridgehead atoms. The number of nitrogens with zero attached hydrogens (tertiary/aromatic N) is 1. The Hall–Kier alpha value is -6.18. The van der Waals surface area contributed by atoms with Crippen molar-refractivity contribution in [2.24, 2.45) is 0 Å². The van der Waals surface area contributed by atoms with Crippen LogP contribution in [0.1, 0.15) is 36.7 Å². The summed E-state index contributed by atoms with van der Waals surface area (Å²) in [4.78, 5) is 30.7. The number of rotatable bonds is 16. The fourth-order valence-electron chi connectivity index (χ4n) is 5.95. The number of aliphatic hydroxyl groups is 4. The van der Waals surface area contributed by atoms with Crippen LogP contribution in [0.15, 0.2) is 85.1 Å². The Morgan fingerprint density at radius 1 is 0.814 bits per heavy atom. The summed E-state index contributed by atoms with van der Waals surface area (Å²) in [5, 5.41) is 51.1. The smallest absolute Gasteiger partial charge is 0.323 e. The molecule has 9 N–H and O–H groups in total. The van der Waals surface area contributed by atoms with Gasteiger partial charge in [-0.05, 0) is 53.4 Å². The number of carbonyl (C=O) groups is 2. The van der Waals surface area contributed by atoms with Crippen LogP contribution < -0.4 is 40.2 Å². The summed E-state index contributed by atoms with van der Waals surface area (Å²) in [6.07, 6.45) is -2.17. The molecule has 3 amide bonds. The lowest BCUT2D eigenvalue weighted by Crippen LogP contribution is -2.45. The van der Waals surface area contributed by atoms with E-state index in [9.17, 15) is 33.3 Å². The third kappa shape index (κ3) is 11.3. The minimum Gasteiger partial charge on any atom is -0.496 e. The van der Waals surface area contributed by atoms with Crippen molar-refractivity contribution in [2.75, 3.05) is 54.3 Å². The average molecular weight is 833 g/mol. The van der Waals surface area contributed by atoms with Crippen LogP contribution in [0, 0.1) is 0 Å². The quantitative estimate of drug-likeness (QED) is 0.0642. The van der Waals surface area contributed by atoms with E-state index in [4.69, 9.17) is 19.3 Å². The standard InChI is InChI=1S/C41H48N6O11S/c1-41(2,3)23-17-30(38(57-5)31(18-23)47-59(6,54)55)46-40(53)45-29-13-14-34(27-10-8-7-9-26(27)29)58-25-15-16-42-36(20-25)44-24-11-12-28(35(19-24)56-4)39(52)43-21-32(49)37(51)33(50)22-48/h7-20,32-33,37,47-51H,21-22H2,1-6H3,(H,42,44)(H,43,52)(H2,45,46,53). The molecule has 4 aromatic carbocycles. The Bertz CT molecular complexity index is 2420. The average Bonchev–Trinajstić information content (AvgIpc) is 3.19. The molecule has 0 saturated heterocycles. The third-order valence-corrected chi connectivity index (χ3v) is 9.55. The number of amides is 3. The van der Waals surface area contributed by atoms with Crippen molar-refractivity contribution < 1.29 is 52.6 Å². The van der Waals surface area contributed by atoms with Gasteiger partial charge in [-0.1, -0.05) is 45.0 Å². The molecule has 0 spiro atoms. The van der Waals surface area contributed by atoms with Gasteiger partial charge in [-0.2, -0.15) is 0 Å². The Morgan fingerprint density at radius 2 is 1.51 bits per heavy atom. The molecule has 1 heterocycles. The molecular formula is C41H48N6O11S. The summed E-state index contributed by atoms with van der Waals surface area (Å²) in [5.41, 5.74) is 1.96. The van der Waals surface area contributed by atoms with Crippen LogP contribution in [0.5, 0.6) is 23.0 Å². The highest BCUT2D eigenvalue weighted by atomic mass is 32.2. The van der Waals surface area contributed by atoms with Crippen molar-refractivity contribution in [1.29, 1.82) is 0 Å². The van der Waals surface area contributed by atoms with Crippen LogP contribution in [-0.2, 0) is 15.4 Å². The molecule has 3 unspecified atom stereocenters. The first kappa shape index (κ1) is 43.9. The van der Waals surface area contributed by atoms with Gasteiger partial charge in [-0.15, -0.1) is 0 Å². The van der Waals surface area contributed by atoms with Crippen LogP contribution in [0.3, 0.4) is 0 Å². The Labute approximate surface area is 341 Å². The second-order valence-corrected chi connectivity index (χ2v) is 16.3. The number of hydrogen-bond donors (Lipinski definition) is 9. The van der Waals surface area contributed by atoms with E-state index in [0.717, 1.165) is 11.8 Å². The number of pyridine rings is 1. The number of carbonyl (C=O) groups excluding carboxylic acids is 2. The SMILES string of the molecule is COc1cc(Nc2cc(Oc3ccc(NC(=O)Nc4cc(C(C)(C)C)cc(NS(C)(=O)=O)c4OC)c4ccccc34)ccn2)ccc1C(=O)NCC(O)C(O)C(O)CO. The number of aliphatic hydroxyl groups excluding tert-OH is 4. The first-order valence-corrected chi connectivity index (χ1v) is 20.1. The normalized spacial score (nSPS) is 13.1. The van der Waals surface area contributed by atoms with Gasteiger partial charge in [0, 0.05) is 41.3 Å². The molecule has 17 nitrogen and oxygen atoms in total. The van der Waals surface area contributed by atoms with E-state index in [0.29, 0.717) is 39.5 Å². The molecule has 59 heavy (non-hydrogen) atoms. The molecule has 0 fully saturated rings. The van der Waals surface area contributed by atoms with Gasteiger partial charge in [-0.3, -0.25) is 9.52 Å². The van der Waals surface area contributed by atoms with Crippen LogP contribution in [-0.4, -0.2) is 97.7 Å². The Balaban J connectivity index is 1.31. The lowest BCUT2D eigenvalue weighted by Gasteiger charge is -2.24. The zero-order chi connectivity index (χ0) is 43.1. The summed E-state index contributed by atoms with van der Waals surface area (Å²) >= 11 is 0. The van der Waals surface area contributed by atoms with Crippen molar-refractivity contribution >= 4 is 61.3 Å². The zero-order valence-electron chi connectivity index (χ0n) is 33.2. The number of aromatic nitrogens is 1. The molecule has 1 aromatic heterocycles. The number of methoxy groups -OCH3 is 2. The molecule has 314 valence electrons. The number of fused-ring (bicyclic) bond motifs is 1. The number of sulfonamides is 1. The van der Waals surface area contributed by atoms with Crippen molar-refractivity contribution in [3.63, 3.8) is 0 Å².